The predicted molar refractivity (Wildman–Crippen MR) is 175 cm³/mol. The number of hydrogen-bond acceptors (Lipinski definition) is 7. The zero-order valence-corrected chi connectivity index (χ0v) is 27.0. The monoisotopic (exact) mass is 598 g/mol. The summed E-state index contributed by atoms with van der Waals surface area (Å²) in [6, 6.07) is -1.05. The molecule has 0 heterocycles. The molecule has 10 heteroatoms. The van der Waals surface area contributed by atoms with Gasteiger partial charge in [0.25, 0.3) is 0 Å². The summed E-state index contributed by atoms with van der Waals surface area (Å²) in [4.78, 5) is 39.4. The lowest BCUT2D eigenvalue weighted by atomic mass is 10.1. The summed E-state index contributed by atoms with van der Waals surface area (Å²) in [6.45, 7) is 5.52. The Balaban J connectivity index is 4.46. The van der Waals surface area contributed by atoms with Crippen molar-refractivity contribution in [2.45, 2.75) is 147 Å². The van der Waals surface area contributed by atoms with E-state index in [1.165, 1.54) is 57.8 Å². The topological polar surface area (TPSA) is 183 Å². The van der Waals surface area contributed by atoms with Crippen molar-refractivity contribution in [3.8, 4) is 0 Å². The summed E-state index contributed by atoms with van der Waals surface area (Å²) in [7, 11) is 0. The molecule has 0 radical (unpaired) electrons. The minimum atomic E-state index is -0.527. The maximum Gasteiger partial charge on any atom is 0.236 e. The molecule has 0 aromatic rings. The largest absolute Gasteiger partial charge is 0.355 e. The van der Waals surface area contributed by atoms with Gasteiger partial charge in [0.05, 0.1) is 12.1 Å². The van der Waals surface area contributed by atoms with Gasteiger partial charge in [0.1, 0.15) is 0 Å². The van der Waals surface area contributed by atoms with Gasteiger partial charge in [-0.05, 0) is 58.0 Å². The van der Waals surface area contributed by atoms with E-state index in [1.54, 1.807) is 0 Å². The van der Waals surface area contributed by atoms with E-state index in [9.17, 15) is 14.4 Å². The van der Waals surface area contributed by atoms with E-state index < -0.39 is 12.1 Å². The second-order valence-corrected chi connectivity index (χ2v) is 11.7. The van der Waals surface area contributed by atoms with Crippen LogP contribution in [0.15, 0.2) is 0 Å². The smallest absolute Gasteiger partial charge is 0.236 e. The average Bonchev–Trinajstić information content (AvgIpc) is 2.98. The summed E-state index contributed by atoms with van der Waals surface area (Å²) >= 11 is 0. The lowest BCUT2D eigenvalue weighted by Gasteiger charge is -2.23. The zero-order valence-electron chi connectivity index (χ0n) is 27.0. The molecule has 0 aliphatic carbocycles. The van der Waals surface area contributed by atoms with Crippen LogP contribution in [0.25, 0.3) is 0 Å². The van der Waals surface area contributed by atoms with E-state index in [2.05, 4.69) is 17.6 Å². The van der Waals surface area contributed by atoms with Gasteiger partial charge in [0.15, 0.2) is 0 Å². The van der Waals surface area contributed by atoms with Gasteiger partial charge < -0.3 is 38.5 Å². The van der Waals surface area contributed by atoms with Crippen molar-refractivity contribution in [1.29, 1.82) is 0 Å². The van der Waals surface area contributed by atoms with Crippen LogP contribution in [0.5, 0.6) is 0 Å². The van der Waals surface area contributed by atoms with Crippen LogP contribution < -0.4 is 33.6 Å². The third-order valence-corrected chi connectivity index (χ3v) is 7.77. The Morgan fingerprint density at radius 1 is 0.571 bits per heavy atom. The first-order chi connectivity index (χ1) is 20.4. The van der Waals surface area contributed by atoms with Gasteiger partial charge in [-0.25, -0.2) is 0 Å². The van der Waals surface area contributed by atoms with E-state index in [0.717, 1.165) is 38.5 Å². The number of carbonyl (C=O) groups is 3. The van der Waals surface area contributed by atoms with Gasteiger partial charge in [-0.15, -0.1) is 0 Å². The predicted octanol–water partition coefficient (Wildman–Crippen LogP) is 3.44. The zero-order chi connectivity index (χ0) is 31.3. The van der Waals surface area contributed by atoms with E-state index in [4.69, 9.17) is 22.9 Å². The SMILES string of the molecule is CCCCCCCCCCCCCC(=O)N(CCCNC(=O)[C@@H](N)CCCCN)CCCNC(=O)[C@@H](N)CCCCN. The normalized spacial score (nSPS) is 12.6. The van der Waals surface area contributed by atoms with Crippen LogP contribution in [0.1, 0.15) is 135 Å². The Labute approximate surface area is 257 Å². The highest BCUT2D eigenvalue weighted by Gasteiger charge is 2.16. The van der Waals surface area contributed by atoms with E-state index in [0.29, 0.717) is 71.4 Å². The van der Waals surface area contributed by atoms with E-state index in [1.807, 2.05) is 4.90 Å². The Kier molecular flexibility index (Phi) is 28.1. The van der Waals surface area contributed by atoms with Crippen LogP contribution in [-0.4, -0.2) is 74.0 Å². The Bertz CT molecular complexity index is 630. The van der Waals surface area contributed by atoms with Crippen LogP contribution >= 0.6 is 0 Å². The molecule has 0 aromatic carbocycles. The van der Waals surface area contributed by atoms with Crippen molar-refractivity contribution >= 4 is 17.7 Å². The number of nitrogens with two attached hydrogens (primary N) is 4. The van der Waals surface area contributed by atoms with Gasteiger partial charge >= 0.3 is 0 Å². The van der Waals surface area contributed by atoms with Crippen LogP contribution in [-0.2, 0) is 14.4 Å². The Morgan fingerprint density at radius 3 is 1.38 bits per heavy atom. The number of unbranched alkanes of at least 4 members (excludes halogenated alkanes) is 12. The number of nitrogens with one attached hydrogen (secondary N) is 2. The van der Waals surface area contributed by atoms with Gasteiger partial charge in [-0.1, -0.05) is 84.0 Å². The van der Waals surface area contributed by atoms with Crippen molar-refractivity contribution in [2.75, 3.05) is 39.3 Å². The molecule has 0 fully saturated rings. The lowest BCUT2D eigenvalue weighted by molar-refractivity contribution is -0.131. The molecule has 0 aliphatic rings. The molecule has 0 aliphatic heterocycles. The van der Waals surface area contributed by atoms with Crippen molar-refractivity contribution in [2.24, 2.45) is 22.9 Å². The van der Waals surface area contributed by atoms with Crippen LogP contribution in [0.2, 0.25) is 0 Å². The summed E-state index contributed by atoms with van der Waals surface area (Å²) in [6.07, 6.45) is 20.2. The van der Waals surface area contributed by atoms with Crippen LogP contribution in [0.3, 0.4) is 0 Å². The first-order valence-corrected chi connectivity index (χ1v) is 17.1. The van der Waals surface area contributed by atoms with Crippen molar-refractivity contribution in [3.63, 3.8) is 0 Å². The molecule has 0 aromatic heterocycles. The Hall–Kier alpha value is -1.75. The standard InChI is InChI=1S/C32H67N7O3/c1-2-3-4-5-6-7-8-9-10-11-12-21-30(40)39(26-17-24-37-31(41)28(35)19-13-15-22-33)27-18-25-38-32(42)29(36)20-14-16-23-34/h28-29H,2-27,33-36H2,1H3,(H,37,41)(H,38,42)/t28-,29-/m0/s1. The fraction of sp³-hybridized carbons (Fsp3) is 0.906. The molecular formula is C32H67N7O3. The molecule has 3 amide bonds. The fourth-order valence-corrected chi connectivity index (χ4v) is 4.96. The van der Waals surface area contributed by atoms with E-state index in [-0.39, 0.29) is 17.7 Å². The molecule has 10 N–H and O–H groups in total. The molecule has 0 rings (SSSR count). The summed E-state index contributed by atoms with van der Waals surface area (Å²) in [5.41, 5.74) is 23.0. The molecule has 10 nitrogen and oxygen atoms in total. The molecule has 0 bridgehead atoms. The highest BCUT2D eigenvalue weighted by Crippen LogP contribution is 2.13. The number of carbonyl (C=O) groups excluding carboxylic acids is 3. The lowest BCUT2D eigenvalue weighted by Crippen LogP contribution is -2.43. The molecule has 248 valence electrons. The molecule has 2 atom stereocenters. The third kappa shape index (κ3) is 23.8. The van der Waals surface area contributed by atoms with Gasteiger partial charge in [0, 0.05) is 32.6 Å². The molecule has 0 unspecified atom stereocenters. The maximum absolute atomic E-state index is 13.1. The Morgan fingerprint density at radius 2 is 0.976 bits per heavy atom. The van der Waals surface area contributed by atoms with E-state index >= 15 is 0 Å². The molecule has 0 saturated carbocycles. The highest BCUT2D eigenvalue weighted by atomic mass is 16.2. The second-order valence-electron chi connectivity index (χ2n) is 11.7. The van der Waals surface area contributed by atoms with Gasteiger partial charge in [-0.3, -0.25) is 14.4 Å². The number of rotatable bonds is 30. The van der Waals surface area contributed by atoms with Gasteiger partial charge in [-0.2, -0.15) is 0 Å². The third-order valence-electron chi connectivity index (χ3n) is 7.77. The minimum Gasteiger partial charge on any atom is -0.355 e. The highest BCUT2D eigenvalue weighted by molar-refractivity contribution is 5.81. The quantitative estimate of drug-likeness (QED) is 0.0685. The molecule has 0 spiro atoms. The van der Waals surface area contributed by atoms with Crippen LogP contribution in [0, 0.1) is 0 Å². The summed E-state index contributed by atoms with van der Waals surface area (Å²) in [5, 5.41) is 5.80. The van der Waals surface area contributed by atoms with Crippen LogP contribution in [0.4, 0.5) is 0 Å². The number of amides is 3. The van der Waals surface area contributed by atoms with Crippen molar-refractivity contribution in [1.82, 2.24) is 15.5 Å². The maximum atomic E-state index is 13.1. The first-order valence-electron chi connectivity index (χ1n) is 17.1. The second kappa shape index (κ2) is 29.3. The minimum absolute atomic E-state index is 0.139. The van der Waals surface area contributed by atoms with Gasteiger partial charge in [0.2, 0.25) is 17.7 Å². The number of hydrogen-bond donors (Lipinski definition) is 6. The number of nitrogens with zero attached hydrogens (tertiary/aromatic N) is 1. The molecule has 42 heavy (non-hydrogen) atoms. The van der Waals surface area contributed by atoms with Crippen molar-refractivity contribution in [3.05, 3.63) is 0 Å². The average molecular weight is 598 g/mol. The summed E-state index contributed by atoms with van der Waals surface area (Å²) < 4.78 is 0. The fourth-order valence-electron chi connectivity index (χ4n) is 4.96. The van der Waals surface area contributed by atoms with Crippen molar-refractivity contribution < 1.29 is 14.4 Å². The first kappa shape index (κ1) is 40.2. The molecule has 0 saturated heterocycles. The summed E-state index contributed by atoms with van der Waals surface area (Å²) in [5.74, 6) is -0.173. The molecular weight excluding hydrogens is 530 g/mol.